The second-order valence-corrected chi connectivity index (χ2v) is 6.74. The van der Waals surface area contributed by atoms with E-state index in [1.54, 1.807) is 30.8 Å². The van der Waals surface area contributed by atoms with Crippen molar-refractivity contribution in [2.24, 2.45) is 11.8 Å². The topological polar surface area (TPSA) is 116 Å². The van der Waals surface area contributed by atoms with Gasteiger partial charge in [-0.05, 0) is 49.9 Å². The van der Waals surface area contributed by atoms with Crippen LogP contribution in [0.15, 0.2) is 24.3 Å². The second-order valence-electron chi connectivity index (χ2n) is 6.74. The number of ether oxygens (including phenoxy) is 2. The van der Waals surface area contributed by atoms with Gasteiger partial charge in [-0.2, -0.15) is 0 Å². The maximum absolute atomic E-state index is 12.6. The van der Waals surface area contributed by atoms with Crippen molar-refractivity contribution in [3.63, 3.8) is 0 Å². The summed E-state index contributed by atoms with van der Waals surface area (Å²) < 4.78 is 12.0. The molecule has 0 saturated carbocycles. The van der Waals surface area contributed by atoms with Crippen molar-refractivity contribution in [2.45, 2.75) is 19.8 Å². The van der Waals surface area contributed by atoms with Gasteiger partial charge in [-0.25, -0.2) is 4.68 Å². The molecule has 3 rings (SSSR count). The normalized spacial score (nSPS) is 15.8. The van der Waals surface area contributed by atoms with Crippen LogP contribution < -0.4 is 10.1 Å². The van der Waals surface area contributed by atoms with E-state index in [-0.39, 0.29) is 18.2 Å². The lowest BCUT2D eigenvalue weighted by atomic mass is 9.86. The lowest BCUT2D eigenvalue weighted by molar-refractivity contribution is -0.144. The quantitative estimate of drug-likeness (QED) is 0.737. The number of aliphatic carboxylic acids is 1. The van der Waals surface area contributed by atoms with Crippen molar-refractivity contribution in [2.75, 3.05) is 26.9 Å². The summed E-state index contributed by atoms with van der Waals surface area (Å²) in [5, 5.41) is 20.2. The Morgan fingerprint density at radius 2 is 2.00 bits per heavy atom. The first-order valence-corrected chi connectivity index (χ1v) is 9.16. The van der Waals surface area contributed by atoms with E-state index in [0.717, 1.165) is 5.69 Å². The Hall–Kier alpha value is -2.94. The molecule has 0 spiro atoms. The number of rotatable bonds is 7. The highest BCUT2D eigenvalue weighted by Gasteiger charge is 2.30. The molecular weight excluding hydrogens is 364 g/mol. The molecule has 150 valence electrons. The highest BCUT2D eigenvalue weighted by molar-refractivity contribution is 5.93. The van der Waals surface area contributed by atoms with Crippen LogP contribution in [0.3, 0.4) is 0 Å². The van der Waals surface area contributed by atoms with Crippen LogP contribution in [-0.2, 0) is 9.53 Å². The van der Waals surface area contributed by atoms with Crippen LogP contribution in [0.1, 0.15) is 29.0 Å². The van der Waals surface area contributed by atoms with E-state index in [2.05, 4.69) is 15.6 Å². The summed E-state index contributed by atoms with van der Waals surface area (Å²) in [5.41, 5.74) is 1.49. The van der Waals surface area contributed by atoms with Gasteiger partial charge in [0.05, 0.1) is 24.4 Å². The van der Waals surface area contributed by atoms with Gasteiger partial charge in [0.1, 0.15) is 5.75 Å². The molecule has 0 bridgehead atoms. The van der Waals surface area contributed by atoms with Gasteiger partial charge in [0.25, 0.3) is 5.91 Å². The molecule has 1 aromatic carbocycles. The molecule has 9 heteroatoms. The largest absolute Gasteiger partial charge is 0.497 e. The number of hydrogen-bond acceptors (Lipinski definition) is 6. The molecule has 1 atom stereocenters. The number of carboxylic acid groups (broad SMARTS) is 1. The second kappa shape index (κ2) is 8.83. The van der Waals surface area contributed by atoms with Crippen LogP contribution >= 0.6 is 0 Å². The number of amides is 1. The molecule has 1 aliphatic heterocycles. The number of hydrogen-bond donors (Lipinski definition) is 2. The van der Waals surface area contributed by atoms with Gasteiger partial charge in [0.15, 0.2) is 5.69 Å². The summed E-state index contributed by atoms with van der Waals surface area (Å²) in [7, 11) is 1.59. The summed E-state index contributed by atoms with van der Waals surface area (Å²) >= 11 is 0. The van der Waals surface area contributed by atoms with E-state index in [1.807, 2.05) is 12.1 Å². The van der Waals surface area contributed by atoms with Gasteiger partial charge in [0, 0.05) is 19.8 Å². The zero-order chi connectivity index (χ0) is 20.1. The summed E-state index contributed by atoms with van der Waals surface area (Å²) in [5.74, 6) is -1.29. The summed E-state index contributed by atoms with van der Waals surface area (Å²) in [6.07, 6.45) is 1.36. The zero-order valence-corrected chi connectivity index (χ0v) is 15.9. The fraction of sp³-hybridized carbons (Fsp3) is 0.474. The van der Waals surface area contributed by atoms with Crippen molar-refractivity contribution in [1.29, 1.82) is 0 Å². The van der Waals surface area contributed by atoms with Crippen molar-refractivity contribution in [1.82, 2.24) is 20.3 Å². The SMILES string of the molecule is COc1ccc(-n2nnc(C(=O)NCC(C(=O)O)C3CCOCC3)c2C)cc1. The number of benzene rings is 1. The number of nitrogens with one attached hydrogen (secondary N) is 1. The van der Waals surface area contributed by atoms with Crippen LogP contribution in [0.25, 0.3) is 5.69 Å². The lowest BCUT2D eigenvalue weighted by Crippen LogP contribution is -2.39. The van der Waals surface area contributed by atoms with Gasteiger partial charge in [-0.15, -0.1) is 5.10 Å². The zero-order valence-electron chi connectivity index (χ0n) is 15.9. The molecule has 28 heavy (non-hydrogen) atoms. The average Bonchev–Trinajstić information content (AvgIpc) is 3.10. The van der Waals surface area contributed by atoms with Crippen molar-refractivity contribution in [3.8, 4) is 11.4 Å². The molecule has 1 fully saturated rings. The number of methoxy groups -OCH3 is 1. The first-order valence-electron chi connectivity index (χ1n) is 9.16. The summed E-state index contributed by atoms with van der Waals surface area (Å²) in [6, 6.07) is 7.21. The predicted molar refractivity (Wildman–Crippen MR) is 99.7 cm³/mol. The molecule has 2 aromatic rings. The van der Waals surface area contributed by atoms with Gasteiger partial charge >= 0.3 is 5.97 Å². The molecule has 2 heterocycles. The number of carbonyl (C=O) groups is 2. The molecule has 1 saturated heterocycles. The van der Waals surface area contributed by atoms with Crippen LogP contribution in [0.4, 0.5) is 0 Å². The number of aromatic nitrogens is 3. The van der Waals surface area contributed by atoms with Crippen molar-refractivity contribution < 1.29 is 24.2 Å². The minimum absolute atomic E-state index is 0.0115. The van der Waals surface area contributed by atoms with Crippen molar-refractivity contribution >= 4 is 11.9 Å². The van der Waals surface area contributed by atoms with E-state index in [0.29, 0.717) is 37.5 Å². The minimum Gasteiger partial charge on any atom is -0.497 e. The third kappa shape index (κ3) is 4.30. The Labute approximate surface area is 162 Å². The molecule has 1 amide bonds. The Balaban J connectivity index is 1.68. The number of nitrogens with zero attached hydrogens (tertiary/aromatic N) is 3. The molecule has 1 aliphatic rings. The van der Waals surface area contributed by atoms with Crippen LogP contribution in [-0.4, -0.2) is 58.8 Å². The Morgan fingerprint density at radius 3 is 2.61 bits per heavy atom. The summed E-state index contributed by atoms with van der Waals surface area (Å²) in [4.78, 5) is 24.2. The van der Waals surface area contributed by atoms with Gasteiger partial charge in [-0.3, -0.25) is 9.59 Å². The molecule has 1 aromatic heterocycles. The standard InChI is InChI=1S/C19H24N4O5/c1-12-17(21-22-23(12)14-3-5-15(27-2)6-4-14)18(24)20-11-16(19(25)26)13-7-9-28-10-8-13/h3-6,13,16H,7-11H2,1-2H3,(H,20,24)(H,25,26). The number of carboxylic acids is 1. The predicted octanol–water partition coefficient (Wildman–Crippen LogP) is 1.44. The van der Waals surface area contributed by atoms with Crippen molar-refractivity contribution in [3.05, 3.63) is 35.7 Å². The Bertz CT molecular complexity index is 827. The molecule has 1 unspecified atom stereocenters. The Kier molecular flexibility index (Phi) is 6.25. The van der Waals surface area contributed by atoms with Gasteiger partial charge in [0.2, 0.25) is 0 Å². The fourth-order valence-electron chi connectivity index (χ4n) is 3.37. The summed E-state index contributed by atoms with van der Waals surface area (Å²) in [6.45, 7) is 2.90. The van der Waals surface area contributed by atoms with E-state index in [1.165, 1.54) is 0 Å². The lowest BCUT2D eigenvalue weighted by Gasteiger charge is -2.27. The van der Waals surface area contributed by atoms with E-state index in [4.69, 9.17) is 9.47 Å². The van der Waals surface area contributed by atoms with Crippen LogP contribution in [0.5, 0.6) is 5.75 Å². The highest BCUT2D eigenvalue weighted by atomic mass is 16.5. The van der Waals surface area contributed by atoms with Crippen LogP contribution in [0.2, 0.25) is 0 Å². The Morgan fingerprint density at radius 1 is 1.32 bits per heavy atom. The van der Waals surface area contributed by atoms with Gasteiger partial charge in [-0.1, -0.05) is 5.21 Å². The molecule has 0 radical (unpaired) electrons. The smallest absolute Gasteiger partial charge is 0.308 e. The third-order valence-corrected chi connectivity index (χ3v) is 5.06. The maximum atomic E-state index is 12.6. The minimum atomic E-state index is -0.911. The fourth-order valence-corrected chi connectivity index (χ4v) is 3.37. The average molecular weight is 388 g/mol. The first-order chi connectivity index (χ1) is 13.5. The molecule has 2 N–H and O–H groups in total. The molecule has 9 nitrogen and oxygen atoms in total. The van der Waals surface area contributed by atoms with Crippen LogP contribution in [0, 0.1) is 18.8 Å². The van der Waals surface area contributed by atoms with E-state index >= 15 is 0 Å². The maximum Gasteiger partial charge on any atom is 0.308 e. The molecule has 0 aliphatic carbocycles. The third-order valence-electron chi connectivity index (χ3n) is 5.06. The first kappa shape index (κ1) is 19.8. The highest BCUT2D eigenvalue weighted by Crippen LogP contribution is 2.24. The molecular formula is C19H24N4O5. The van der Waals surface area contributed by atoms with Gasteiger partial charge < -0.3 is 19.9 Å². The van der Waals surface area contributed by atoms with E-state index in [9.17, 15) is 14.7 Å². The number of carbonyl (C=O) groups excluding carboxylic acids is 1. The monoisotopic (exact) mass is 388 g/mol. The van der Waals surface area contributed by atoms with E-state index < -0.39 is 17.8 Å².